The number of methoxy groups -OCH3 is 1. The smallest absolute Gasteiger partial charge is 0.229 e. The van der Waals surface area contributed by atoms with Crippen molar-refractivity contribution in [2.24, 2.45) is 4.99 Å². The number of nitrogens with zero attached hydrogens (tertiary/aromatic N) is 1. The molecule has 0 unspecified atom stereocenters. The molecule has 1 aliphatic heterocycles. The summed E-state index contributed by atoms with van der Waals surface area (Å²) >= 11 is 0. The SMILES string of the molecule is COc1c(CC2=NCCN2)cccc1NS(C)(=O)=O.Cl. The lowest BCUT2D eigenvalue weighted by Crippen LogP contribution is -2.21. The van der Waals surface area contributed by atoms with Crippen LogP contribution in [0.2, 0.25) is 0 Å². The lowest BCUT2D eigenvalue weighted by atomic mass is 10.1. The van der Waals surface area contributed by atoms with Gasteiger partial charge in [0.15, 0.2) is 0 Å². The van der Waals surface area contributed by atoms with Crippen LogP contribution in [0.5, 0.6) is 5.75 Å². The van der Waals surface area contributed by atoms with Gasteiger partial charge in [-0.2, -0.15) is 0 Å². The number of hydrogen-bond donors (Lipinski definition) is 2. The number of sulfonamides is 1. The molecule has 0 fully saturated rings. The quantitative estimate of drug-likeness (QED) is 0.849. The molecule has 2 N–H and O–H groups in total. The summed E-state index contributed by atoms with van der Waals surface area (Å²) in [4.78, 5) is 4.32. The number of ether oxygens (including phenoxy) is 1. The van der Waals surface area contributed by atoms with E-state index in [2.05, 4.69) is 15.0 Å². The Hall–Kier alpha value is -1.47. The molecule has 1 heterocycles. The summed E-state index contributed by atoms with van der Waals surface area (Å²) in [7, 11) is -1.81. The Bertz CT molecular complexity index is 602. The van der Waals surface area contributed by atoms with Gasteiger partial charge in [-0.1, -0.05) is 12.1 Å². The fourth-order valence-corrected chi connectivity index (χ4v) is 2.55. The average Bonchev–Trinajstić information content (AvgIpc) is 2.80. The van der Waals surface area contributed by atoms with Crippen LogP contribution >= 0.6 is 12.4 Å². The molecule has 0 spiro atoms. The Labute approximate surface area is 125 Å². The molecule has 0 bridgehead atoms. The molecule has 1 aromatic rings. The van der Waals surface area contributed by atoms with Crippen molar-refractivity contribution in [2.75, 3.05) is 31.2 Å². The highest BCUT2D eigenvalue weighted by molar-refractivity contribution is 7.92. The normalized spacial score (nSPS) is 14.0. The van der Waals surface area contributed by atoms with Crippen LogP contribution in [0.15, 0.2) is 23.2 Å². The third-order valence-electron chi connectivity index (χ3n) is 2.70. The highest BCUT2D eigenvalue weighted by Gasteiger charge is 2.15. The average molecular weight is 320 g/mol. The van der Waals surface area contributed by atoms with Gasteiger partial charge in [-0.05, 0) is 6.07 Å². The molecule has 8 heteroatoms. The van der Waals surface area contributed by atoms with Crippen LogP contribution in [0, 0.1) is 0 Å². The zero-order chi connectivity index (χ0) is 13.9. The molecule has 20 heavy (non-hydrogen) atoms. The van der Waals surface area contributed by atoms with Crippen molar-refractivity contribution >= 4 is 34.0 Å². The third-order valence-corrected chi connectivity index (χ3v) is 3.29. The molecule has 0 radical (unpaired) electrons. The number of halogens is 1. The molecule has 0 saturated heterocycles. The number of nitrogens with one attached hydrogen (secondary N) is 2. The molecular formula is C12H18ClN3O3S. The minimum Gasteiger partial charge on any atom is -0.494 e. The van der Waals surface area contributed by atoms with E-state index in [4.69, 9.17) is 4.74 Å². The van der Waals surface area contributed by atoms with Gasteiger partial charge in [-0.15, -0.1) is 12.4 Å². The zero-order valence-electron chi connectivity index (χ0n) is 11.3. The Balaban J connectivity index is 0.00000200. The zero-order valence-corrected chi connectivity index (χ0v) is 13.0. The summed E-state index contributed by atoms with van der Waals surface area (Å²) < 4.78 is 30.4. The molecule has 6 nitrogen and oxygen atoms in total. The number of hydrogen-bond acceptors (Lipinski definition) is 5. The molecular weight excluding hydrogens is 302 g/mol. The highest BCUT2D eigenvalue weighted by Crippen LogP contribution is 2.30. The molecule has 2 rings (SSSR count). The van der Waals surface area contributed by atoms with E-state index < -0.39 is 10.0 Å². The third kappa shape index (κ3) is 4.28. The molecule has 0 amide bonds. The summed E-state index contributed by atoms with van der Waals surface area (Å²) in [6.07, 6.45) is 1.71. The van der Waals surface area contributed by atoms with Crippen LogP contribution in [0.4, 0.5) is 5.69 Å². The van der Waals surface area contributed by atoms with Crippen LogP contribution in [0.25, 0.3) is 0 Å². The maximum absolute atomic E-state index is 11.3. The first kappa shape index (κ1) is 16.6. The van der Waals surface area contributed by atoms with E-state index in [1.54, 1.807) is 12.1 Å². The predicted molar refractivity (Wildman–Crippen MR) is 82.7 cm³/mol. The second-order valence-electron chi connectivity index (χ2n) is 4.30. The summed E-state index contributed by atoms with van der Waals surface area (Å²) in [5.74, 6) is 1.43. The number of rotatable bonds is 5. The topological polar surface area (TPSA) is 79.8 Å². The van der Waals surface area contributed by atoms with Gasteiger partial charge in [-0.3, -0.25) is 9.71 Å². The van der Waals surface area contributed by atoms with Gasteiger partial charge < -0.3 is 10.1 Å². The van der Waals surface area contributed by atoms with Crippen molar-refractivity contribution in [3.05, 3.63) is 23.8 Å². The summed E-state index contributed by atoms with van der Waals surface area (Å²) in [5, 5.41) is 3.18. The van der Waals surface area contributed by atoms with Crippen molar-refractivity contribution in [3.63, 3.8) is 0 Å². The van der Waals surface area contributed by atoms with Crippen LogP contribution < -0.4 is 14.8 Å². The van der Waals surface area contributed by atoms with E-state index >= 15 is 0 Å². The predicted octanol–water partition coefficient (Wildman–Crippen LogP) is 1.03. The molecule has 0 saturated carbocycles. The summed E-state index contributed by atoms with van der Waals surface area (Å²) in [5.41, 5.74) is 1.34. The van der Waals surface area contributed by atoms with Gasteiger partial charge >= 0.3 is 0 Å². The number of anilines is 1. The molecule has 0 aliphatic carbocycles. The molecule has 112 valence electrons. The van der Waals surface area contributed by atoms with E-state index in [1.165, 1.54) is 7.11 Å². The number of aliphatic imine (C=N–C) groups is 1. The number of amidine groups is 1. The van der Waals surface area contributed by atoms with Gasteiger partial charge in [0.05, 0.1) is 25.6 Å². The standard InChI is InChI=1S/C12H17N3O3S.ClH/c1-18-12-9(8-11-13-6-7-14-11)4-3-5-10(12)15-19(2,16)17;/h3-5,15H,6-8H2,1-2H3,(H,13,14);1H. The maximum Gasteiger partial charge on any atom is 0.229 e. The van der Waals surface area contributed by atoms with Crippen LogP contribution in [-0.2, 0) is 16.4 Å². The Morgan fingerprint density at radius 1 is 1.45 bits per heavy atom. The first-order valence-corrected chi connectivity index (χ1v) is 7.79. The number of para-hydroxylation sites is 1. The van der Waals surface area contributed by atoms with Gasteiger partial charge in [0.1, 0.15) is 11.6 Å². The maximum atomic E-state index is 11.3. The molecule has 1 aromatic carbocycles. The van der Waals surface area contributed by atoms with E-state index in [0.717, 1.165) is 30.7 Å². The Kier molecular flexibility index (Phi) is 5.64. The Morgan fingerprint density at radius 3 is 2.75 bits per heavy atom. The number of benzene rings is 1. The summed E-state index contributed by atoms with van der Waals surface area (Å²) in [6.45, 7) is 1.62. The monoisotopic (exact) mass is 319 g/mol. The second-order valence-corrected chi connectivity index (χ2v) is 6.05. The fourth-order valence-electron chi connectivity index (χ4n) is 1.99. The fraction of sp³-hybridized carbons (Fsp3) is 0.417. The van der Waals surface area contributed by atoms with Crippen molar-refractivity contribution in [1.82, 2.24) is 5.32 Å². The first-order valence-electron chi connectivity index (χ1n) is 5.90. The molecule has 1 aliphatic rings. The van der Waals surface area contributed by atoms with E-state index in [9.17, 15) is 8.42 Å². The van der Waals surface area contributed by atoms with Crippen LogP contribution in [0.3, 0.4) is 0 Å². The van der Waals surface area contributed by atoms with Gasteiger partial charge in [0, 0.05) is 18.5 Å². The largest absolute Gasteiger partial charge is 0.494 e. The minimum absolute atomic E-state index is 0. The second kappa shape index (κ2) is 6.81. The Morgan fingerprint density at radius 2 is 2.20 bits per heavy atom. The molecule has 0 atom stereocenters. The van der Waals surface area contributed by atoms with Crippen molar-refractivity contribution in [2.45, 2.75) is 6.42 Å². The minimum atomic E-state index is -3.33. The van der Waals surface area contributed by atoms with E-state index in [-0.39, 0.29) is 12.4 Å². The van der Waals surface area contributed by atoms with Gasteiger partial charge in [-0.25, -0.2) is 8.42 Å². The first-order chi connectivity index (χ1) is 8.99. The lowest BCUT2D eigenvalue weighted by molar-refractivity contribution is 0.413. The van der Waals surface area contributed by atoms with Crippen molar-refractivity contribution in [3.8, 4) is 5.75 Å². The van der Waals surface area contributed by atoms with E-state index in [0.29, 0.717) is 17.9 Å². The van der Waals surface area contributed by atoms with Crippen LogP contribution in [0.1, 0.15) is 5.56 Å². The van der Waals surface area contributed by atoms with Crippen molar-refractivity contribution < 1.29 is 13.2 Å². The van der Waals surface area contributed by atoms with Gasteiger partial charge in [0.2, 0.25) is 10.0 Å². The van der Waals surface area contributed by atoms with Crippen LogP contribution in [-0.4, -0.2) is 40.7 Å². The van der Waals surface area contributed by atoms with E-state index in [1.807, 2.05) is 6.07 Å². The highest BCUT2D eigenvalue weighted by atomic mass is 35.5. The van der Waals surface area contributed by atoms with Crippen molar-refractivity contribution in [1.29, 1.82) is 0 Å². The lowest BCUT2D eigenvalue weighted by Gasteiger charge is -2.14. The summed E-state index contributed by atoms with van der Waals surface area (Å²) in [6, 6.07) is 5.36. The van der Waals surface area contributed by atoms with Gasteiger partial charge in [0.25, 0.3) is 0 Å². The molecule has 0 aromatic heterocycles.